The average molecular weight is 326 g/mol. The lowest BCUT2D eigenvalue weighted by molar-refractivity contribution is 0.542. The number of sulfone groups is 1. The van der Waals surface area contributed by atoms with Crippen molar-refractivity contribution in [3.05, 3.63) is 17.7 Å². The van der Waals surface area contributed by atoms with Gasteiger partial charge in [-0.05, 0) is 23.9 Å². The number of hydrogen-bond donors (Lipinski definition) is 1. The molecule has 19 heavy (non-hydrogen) atoms. The van der Waals surface area contributed by atoms with Crippen molar-refractivity contribution in [1.82, 2.24) is 14.7 Å². The topological polar surface area (TPSA) is 106 Å². The van der Waals surface area contributed by atoms with Crippen LogP contribution < -0.4 is 4.72 Å². The van der Waals surface area contributed by atoms with Crippen molar-refractivity contribution in [2.24, 2.45) is 5.92 Å². The van der Waals surface area contributed by atoms with Gasteiger partial charge in [-0.15, -0.1) is 0 Å². The summed E-state index contributed by atoms with van der Waals surface area (Å²) in [5.41, 5.74) is 0. The van der Waals surface area contributed by atoms with Crippen molar-refractivity contribution in [1.29, 1.82) is 0 Å². The van der Waals surface area contributed by atoms with Crippen LogP contribution in [-0.4, -0.2) is 44.9 Å². The van der Waals surface area contributed by atoms with E-state index >= 15 is 0 Å². The Hall–Kier alpha value is -0.770. The van der Waals surface area contributed by atoms with E-state index in [0.29, 0.717) is 6.42 Å². The molecule has 1 aromatic rings. The Kier molecular flexibility index (Phi) is 4.09. The molecule has 7 nitrogen and oxygen atoms in total. The molecule has 0 aromatic carbocycles. The standard InChI is InChI=1S/C9H12ClN3O4S2/c10-9-11-4-8(5-12-9)19(16,17)13-3-7-1-2-18(14,15)6-7/h4-5,7,13H,1-3,6H2. The molecule has 1 aromatic heterocycles. The number of rotatable bonds is 4. The molecule has 0 bridgehead atoms. The van der Waals surface area contributed by atoms with Crippen LogP contribution in [0.15, 0.2) is 17.3 Å². The zero-order valence-corrected chi connectivity index (χ0v) is 12.2. The van der Waals surface area contributed by atoms with Gasteiger partial charge in [0.2, 0.25) is 15.3 Å². The van der Waals surface area contributed by atoms with Crippen LogP contribution in [0.2, 0.25) is 5.28 Å². The Balaban J connectivity index is 2.01. The van der Waals surface area contributed by atoms with E-state index in [-0.39, 0.29) is 34.1 Å². The molecule has 1 fully saturated rings. The van der Waals surface area contributed by atoms with Gasteiger partial charge < -0.3 is 0 Å². The highest BCUT2D eigenvalue weighted by molar-refractivity contribution is 7.91. The van der Waals surface area contributed by atoms with Gasteiger partial charge in [0.25, 0.3) is 0 Å². The summed E-state index contributed by atoms with van der Waals surface area (Å²) in [4.78, 5) is 7.08. The van der Waals surface area contributed by atoms with Crippen molar-refractivity contribution in [2.45, 2.75) is 11.3 Å². The number of halogens is 1. The van der Waals surface area contributed by atoms with Gasteiger partial charge in [-0.25, -0.2) is 31.5 Å². The Labute approximate surface area is 116 Å². The zero-order valence-electron chi connectivity index (χ0n) is 9.78. The molecule has 106 valence electrons. The van der Waals surface area contributed by atoms with E-state index in [0.717, 1.165) is 12.4 Å². The van der Waals surface area contributed by atoms with E-state index in [1.807, 2.05) is 0 Å². The summed E-state index contributed by atoms with van der Waals surface area (Å²) in [6.07, 6.45) is 2.67. The predicted molar refractivity (Wildman–Crippen MR) is 69.0 cm³/mol. The molecule has 2 heterocycles. The van der Waals surface area contributed by atoms with Crippen LogP contribution in [0, 0.1) is 5.92 Å². The second-order valence-electron chi connectivity index (χ2n) is 4.31. The van der Waals surface area contributed by atoms with Gasteiger partial charge in [0, 0.05) is 6.54 Å². The van der Waals surface area contributed by atoms with Crippen molar-refractivity contribution < 1.29 is 16.8 Å². The van der Waals surface area contributed by atoms with Crippen LogP contribution >= 0.6 is 11.6 Å². The third-order valence-electron chi connectivity index (χ3n) is 2.80. The molecule has 1 atom stereocenters. The molecule has 1 aliphatic heterocycles. The van der Waals surface area contributed by atoms with E-state index in [4.69, 9.17) is 11.6 Å². The molecular weight excluding hydrogens is 314 g/mol. The molecule has 0 amide bonds. The fraction of sp³-hybridized carbons (Fsp3) is 0.556. The Bertz CT molecular complexity index is 657. The lowest BCUT2D eigenvalue weighted by Crippen LogP contribution is -2.30. The van der Waals surface area contributed by atoms with E-state index in [1.165, 1.54) is 0 Å². The minimum Gasteiger partial charge on any atom is -0.229 e. The van der Waals surface area contributed by atoms with Gasteiger partial charge in [-0.1, -0.05) is 0 Å². The lowest BCUT2D eigenvalue weighted by atomic mass is 10.1. The van der Waals surface area contributed by atoms with Crippen LogP contribution in [-0.2, 0) is 19.9 Å². The summed E-state index contributed by atoms with van der Waals surface area (Å²) >= 11 is 5.47. The number of nitrogens with one attached hydrogen (secondary N) is 1. The Morgan fingerprint density at radius 2 is 2.00 bits per heavy atom. The summed E-state index contributed by atoms with van der Waals surface area (Å²) < 4.78 is 48.6. The fourth-order valence-electron chi connectivity index (χ4n) is 1.78. The monoisotopic (exact) mass is 325 g/mol. The maximum Gasteiger partial charge on any atom is 0.243 e. The van der Waals surface area contributed by atoms with Crippen molar-refractivity contribution in [2.75, 3.05) is 18.1 Å². The molecule has 1 unspecified atom stereocenters. The van der Waals surface area contributed by atoms with Crippen LogP contribution in [0.4, 0.5) is 0 Å². The average Bonchev–Trinajstić information content (AvgIpc) is 2.67. The molecule has 0 saturated carbocycles. The van der Waals surface area contributed by atoms with Gasteiger partial charge in [0.1, 0.15) is 4.90 Å². The minimum absolute atomic E-state index is 0.0205. The molecule has 0 spiro atoms. The Morgan fingerprint density at radius 3 is 2.53 bits per heavy atom. The van der Waals surface area contributed by atoms with Gasteiger partial charge in [-0.3, -0.25) is 0 Å². The number of hydrogen-bond acceptors (Lipinski definition) is 6. The SMILES string of the molecule is O=S1(=O)CCC(CNS(=O)(=O)c2cnc(Cl)nc2)C1. The predicted octanol–water partition coefficient (Wildman–Crippen LogP) is -0.157. The first-order valence-corrected chi connectivity index (χ1v) is 9.14. The van der Waals surface area contributed by atoms with Crippen LogP contribution in [0.1, 0.15) is 6.42 Å². The number of sulfonamides is 1. The molecule has 2 rings (SSSR count). The molecule has 0 radical (unpaired) electrons. The molecule has 0 aliphatic carbocycles. The lowest BCUT2D eigenvalue weighted by Gasteiger charge is -2.09. The zero-order chi connectivity index (χ0) is 14.1. The summed E-state index contributed by atoms with van der Waals surface area (Å²) in [5.74, 6) is -0.0520. The summed E-state index contributed by atoms with van der Waals surface area (Å²) in [7, 11) is -6.74. The fourth-order valence-corrected chi connectivity index (χ4v) is 4.75. The first-order valence-electron chi connectivity index (χ1n) is 5.46. The van der Waals surface area contributed by atoms with Crippen LogP contribution in [0.25, 0.3) is 0 Å². The largest absolute Gasteiger partial charge is 0.243 e. The second kappa shape index (κ2) is 5.31. The van der Waals surface area contributed by atoms with Gasteiger partial charge >= 0.3 is 0 Å². The first kappa shape index (κ1) is 14.6. The maximum atomic E-state index is 11.9. The summed E-state index contributed by atoms with van der Waals surface area (Å²) in [6.45, 7) is 0.0875. The van der Waals surface area contributed by atoms with E-state index < -0.39 is 19.9 Å². The van der Waals surface area contributed by atoms with Crippen molar-refractivity contribution >= 4 is 31.5 Å². The number of aromatic nitrogens is 2. The molecule has 1 saturated heterocycles. The van der Waals surface area contributed by atoms with Crippen molar-refractivity contribution in [3.8, 4) is 0 Å². The van der Waals surface area contributed by atoms with Crippen LogP contribution in [0.3, 0.4) is 0 Å². The van der Waals surface area contributed by atoms with E-state index in [9.17, 15) is 16.8 Å². The van der Waals surface area contributed by atoms with Gasteiger partial charge in [0.05, 0.1) is 23.9 Å². The highest BCUT2D eigenvalue weighted by Crippen LogP contribution is 2.18. The third-order valence-corrected chi connectivity index (χ3v) is 6.21. The normalized spacial score (nSPS) is 22.5. The van der Waals surface area contributed by atoms with Gasteiger partial charge in [-0.2, -0.15) is 0 Å². The molecule has 1 aliphatic rings. The maximum absolute atomic E-state index is 11.9. The van der Waals surface area contributed by atoms with Crippen molar-refractivity contribution in [3.63, 3.8) is 0 Å². The van der Waals surface area contributed by atoms with E-state index in [2.05, 4.69) is 14.7 Å². The highest BCUT2D eigenvalue weighted by Gasteiger charge is 2.29. The van der Waals surface area contributed by atoms with Gasteiger partial charge in [0.15, 0.2) is 9.84 Å². The molecular formula is C9H12ClN3O4S2. The first-order chi connectivity index (χ1) is 8.78. The summed E-state index contributed by atoms with van der Waals surface area (Å²) in [5, 5.41) is -0.0409. The molecule has 1 N–H and O–H groups in total. The van der Waals surface area contributed by atoms with Crippen LogP contribution in [0.5, 0.6) is 0 Å². The second-order valence-corrected chi connectivity index (χ2v) is 8.64. The minimum atomic E-state index is -3.73. The molecule has 10 heteroatoms. The highest BCUT2D eigenvalue weighted by atomic mass is 35.5. The third kappa shape index (κ3) is 3.85. The number of nitrogens with zero attached hydrogens (tertiary/aromatic N) is 2. The smallest absolute Gasteiger partial charge is 0.229 e. The van der Waals surface area contributed by atoms with E-state index in [1.54, 1.807) is 0 Å². The quantitative estimate of drug-likeness (QED) is 0.771. The summed E-state index contributed by atoms with van der Waals surface area (Å²) in [6, 6.07) is 0. The Morgan fingerprint density at radius 1 is 1.37 bits per heavy atom.